The fraction of sp³-hybridized carbons (Fsp3) is 0.267. The maximum Gasteiger partial charge on any atom is 0.144 e. The second kappa shape index (κ2) is 6.68. The van der Waals surface area contributed by atoms with Gasteiger partial charge in [-0.25, -0.2) is 4.98 Å². The summed E-state index contributed by atoms with van der Waals surface area (Å²) < 4.78 is 1.00. The van der Waals surface area contributed by atoms with Gasteiger partial charge in [0.1, 0.15) is 5.82 Å². The van der Waals surface area contributed by atoms with Crippen molar-refractivity contribution in [1.29, 1.82) is 0 Å². The molecule has 1 heterocycles. The summed E-state index contributed by atoms with van der Waals surface area (Å²) in [6.45, 7) is 2.78. The van der Waals surface area contributed by atoms with Crippen molar-refractivity contribution in [2.45, 2.75) is 19.8 Å². The van der Waals surface area contributed by atoms with E-state index in [-0.39, 0.29) is 0 Å². The lowest BCUT2D eigenvalue weighted by molar-refractivity contribution is 0.833. The van der Waals surface area contributed by atoms with Crippen LogP contribution in [-0.4, -0.2) is 11.5 Å². The second-order valence-electron chi connectivity index (χ2n) is 4.51. The normalized spacial score (nSPS) is 10.5. The van der Waals surface area contributed by atoms with Gasteiger partial charge in [-0.3, -0.25) is 0 Å². The third kappa shape index (κ3) is 3.78. The SMILES string of the molecule is Cc1ccnc(Nc2cccc(CCCN)c2)c1Br. The number of rotatable bonds is 5. The Hall–Kier alpha value is -1.39. The summed E-state index contributed by atoms with van der Waals surface area (Å²) in [4.78, 5) is 4.35. The number of halogens is 1. The molecule has 1 aromatic carbocycles. The average molecular weight is 320 g/mol. The first-order valence-electron chi connectivity index (χ1n) is 6.38. The summed E-state index contributed by atoms with van der Waals surface area (Å²) in [7, 11) is 0. The van der Waals surface area contributed by atoms with Gasteiger partial charge in [0.2, 0.25) is 0 Å². The highest BCUT2D eigenvalue weighted by atomic mass is 79.9. The summed E-state index contributed by atoms with van der Waals surface area (Å²) in [5.74, 6) is 0.843. The van der Waals surface area contributed by atoms with Crippen LogP contribution in [0.4, 0.5) is 11.5 Å². The predicted molar refractivity (Wildman–Crippen MR) is 83.8 cm³/mol. The van der Waals surface area contributed by atoms with Crippen molar-refractivity contribution in [2.75, 3.05) is 11.9 Å². The van der Waals surface area contributed by atoms with Crippen molar-refractivity contribution < 1.29 is 0 Å². The number of hydrogen-bond acceptors (Lipinski definition) is 3. The fourth-order valence-corrected chi connectivity index (χ4v) is 2.21. The number of hydrogen-bond donors (Lipinski definition) is 2. The molecule has 19 heavy (non-hydrogen) atoms. The zero-order valence-electron chi connectivity index (χ0n) is 11.0. The van der Waals surface area contributed by atoms with Crippen LogP contribution in [0.5, 0.6) is 0 Å². The van der Waals surface area contributed by atoms with Crippen LogP contribution in [0.15, 0.2) is 41.0 Å². The Morgan fingerprint density at radius 3 is 2.95 bits per heavy atom. The second-order valence-corrected chi connectivity index (χ2v) is 5.30. The monoisotopic (exact) mass is 319 g/mol. The van der Waals surface area contributed by atoms with Crippen molar-refractivity contribution in [2.24, 2.45) is 5.73 Å². The van der Waals surface area contributed by atoms with Gasteiger partial charge in [0.15, 0.2) is 0 Å². The summed E-state index contributed by atoms with van der Waals surface area (Å²) >= 11 is 3.56. The van der Waals surface area contributed by atoms with Gasteiger partial charge in [0.05, 0.1) is 4.47 Å². The van der Waals surface area contributed by atoms with E-state index in [2.05, 4.69) is 51.4 Å². The lowest BCUT2D eigenvalue weighted by atomic mass is 10.1. The van der Waals surface area contributed by atoms with Gasteiger partial charge in [0.25, 0.3) is 0 Å². The van der Waals surface area contributed by atoms with Crippen LogP contribution < -0.4 is 11.1 Å². The minimum Gasteiger partial charge on any atom is -0.339 e. The molecule has 0 saturated carbocycles. The van der Waals surface area contributed by atoms with Crippen molar-refractivity contribution >= 4 is 27.4 Å². The van der Waals surface area contributed by atoms with Gasteiger partial charge in [-0.05, 0) is 71.6 Å². The third-order valence-corrected chi connectivity index (χ3v) is 3.94. The summed E-state index contributed by atoms with van der Waals surface area (Å²) in [6.07, 6.45) is 3.82. The Balaban J connectivity index is 2.16. The molecule has 1 aromatic heterocycles. The maximum atomic E-state index is 5.54. The highest BCUT2D eigenvalue weighted by Crippen LogP contribution is 2.26. The van der Waals surface area contributed by atoms with Gasteiger partial charge in [-0.15, -0.1) is 0 Å². The summed E-state index contributed by atoms with van der Waals surface area (Å²) in [5.41, 5.74) is 9.05. The van der Waals surface area contributed by atoms with E-state index in [0.717, 1.165) is 40.9 Å². The molecule has 0 amide bonds. The van der Waals surface area contributed by atoms with Gasteiger partial charge in [0, 0.05) is 11.9 Å². The zero-order chi connectivity index (χ0) is 13.7. The van der Waals surface area contributed by atoms with E-state index in [1.807, 2.05) is 12.1 Å². The highest BCUT2D eigenvalue weighted by Gasteiger charge is 2.04. The lowest BCUT2D eigenvalue weighted by Crippen LogP contribution is -2.01. The van der Waals surface area contributed by atoms with Crippen molar-refractivity contribution in [1.82, 2.24) is 4.98 Å². The minimum atomic E-state index is 0.725. The van der Waals surface area contributed by atoms with E-state index < -0.39 is 0 Å². The molecule has 2 aromatic rings. The van der Waals surface area contributed by atoms with Crippen LogP contribution in [0, 0.1) is 6.92 Å². The maximum absolute atomic E-state index is 5.54. The van der Waals surface area contributed by atoms with Crippen LogP contribution in [-0.2, 0) is 6.42 Å². The minimum absolute atomic E-state index is 0.725. The topological polar surface area (TPSA) is 50.9 Å². The molecule has 0 saturated heterocycles. The van der Waals surface area contributed by atoms with Crippen molar-refractivity contribution in [3.8, 4) is 0 Å². The number of benzene rings is 1. The number of anilines is 2. The van der Waals surface area contributed by atoms with Crippen LogP contribution in [0.1, 0.15) is 17.5 Å². The molecule has 100 valence electrons. The van der Waals surface area contributed by atoms with E-state index in [1.165, 1.54) is 5.56 Å². The number of pyridine rings is 1. The van der Waals surface area contributed by atoms with Crippen molar-refractivity contribution in [3.63, 3.8) is 0 Å². The molecule has 4 heteroatoms. The molecule has 0 aliphatic heterocycles. The molecular weight excluding hydrogens is 302 g/mol. The molecule has 0 bridgehead atoms. The number of nitrogens with zero attached hydrogens (tertiary/aromatic N) is 1. The Morgan fingerprint density at radius 2 is 2.16 bits per heavy atom. The standard InChI is InChI=1S/C15H18BrN3/c1-11-7-9-18-15(14(11)16)19-13-6-2-4-12(10-13)5-3-8-17/h2,4,6-7,9-10H,3,5,8,17H2,1H3,(H,18,19). The van der Waals surface area contributed by atoms with E-state index in [0.29, 0.717) is 0 Å². The molecule has 0 fully saturated rings. The Labute approximate surface area is 122 Å². The third-order valence-electron chi connectivity index (χ3n) is 2.94. The number of nitrogens with one attached hydrogen (secondary N) is 1. The largest absolute Gasteiger partial charge is 0.339 e. The molecule has 0 radical (unpaired) electrons. The Morgan fingerprint density at radius 1 is 1.32 bits per heavy atom. The number of aryl methyl sites for hydroxylation is 2. The van der Waals surface area contributed by atoms with Gasteiger partial charge in [-0.2, -0.15) is 0 Å². The molecule has 0 unspecified atom stereocenters. The molecule has 3 nitrogen and oxygen atoms in total. The number of aromatic nitrogens is 1. The quantitative estimate of drug-likeness (QED) is 0.881. The van der Waals surface area contributed by atoms with Gasteiger partial charge < -0.3 is 11.1 Å². The first-order valence-corrected chi connectivity index (χ1v) is 7.17. The number of nitrogens with two attached hydrogens (primary N) is 1. The molecule has 0 spiro atoms. The fourth-order valence-electron chi connectivity index (χ4n) is 1.87. The van der Waals surface area contributed by atoms with Crippen LogP contribution in [0.25, 0.3) is 0 Å². The van der Waals surface area contributed by atoms with E-state index in [1.54, 1.807) is 6.20 Å². The van der Waals surface area contributed by atoms with E-state index in [4.69, 9.17) is 5.73 Å². The van der Waals surface area contributed by atoms with Crippen LogP contribution >= 0.6 is 15.9 Å². The first kappa shape index (κ1) is 14.0. The lowest BCUT2D eigenvalue weighted by Gasteiger charge is -2.10. The molecule has 0 atom stereocenters. The highest BCUT2D eigenvalue weighted by molar-refractivity contribution is 9.10. The molecule has 0 aliphatic rings. The molecular formula is C15H18BrN3. The Kier molecular flexibility index (Phi) is 4.93. The van der Waals surface area contributed by atoms with Crippen LogP contribution in [0.2, 0.25) is 0 Å². The van der Waals surface area contributed by atoms with E-state index >= 15 is 0 Å². The van der Waals surface area contributed by atoms with Gasteiger partial charge in [-0.1, -0.05) is 12.1 Å². The first-order chi connectivity index (χ1) is 9.20. The molecule has 3 N–H and O–H groups in total. The van der Waals surface area contributed by atoms with Gasteiger partial charge >= 0.3 is 0 Å². The molecule has 0 aliphatic carbocycles. The van der Waals surface area contributed by atoms with E-state index in [9.17, 15) is 0 Å². The predicted octanol–water partition coefficient (Wildman–Crippen LogP) is 3.79. The molecule has 2 rings (SSSR count). The van der Waals surface area contributed by atoms with Crippen LogP contribution in [0.3, 0.4) is 0 Å². The summed E-state index contributed by atoms with van der Waals surface area (Å²) in [6, 6.07) is 10.3. The Bertz CT molecular complexity index is 555. The zero-order valence-corrected chi connectivity index (χ0v) is 12.6. The van der Waals surface area contributed by atoms with Crippen molar-refractivity contribution in [3.05, 3.63) is 52.1 Å². The average Bonchev–Trinajstić information content (AvgIpc) is 2.42. The smallest absolute Gasteiger partial charge is 0.144 e. The summed E-state index contributed by atoms with van der Waals surface area (Å²) in [5, 5.41) is 3.34.